The molecular formula is C10H12ClNO4S. The topological polar surface area (TPSA) is 63.7 Å². The van der Waals surface area contributed by atoms with Gasteiger partial charge in [-0.2, -0.15) is 0 Å². The molecule has 0 saturated carbocycles. The van der Waals surface area contributed by atoms with Gasteiger partial charge in [0.15, 0.2) is 0 Å². The van der Waals surface area contributed by atoms with Gasteiger partial charge in [-0.25, -0.2) is 8.42 Å². The fourth-order valence-electron chi connectivity index (χ4n) is 1.19. The number of ether oxygens (including phenoxy) is 1. The summed E-state index contributed by atoms with van der Waals surface area (Å²) in [4.78, 5) is 11.2. The molecule has 1 rings (SSSR count). The van der Waals surface area contributed by atoms with E-state index in [2.05, 4.69) is 4.74 Å². The monoisotopic (exact) mass is 277 g/mol. The van der Waals surface area contributed by atoms with Crippen molar-refractivity contribution in [2.45, 2.75) is 0 Å². The molecule has 0 saturated heterocycles. The Morgan fingerprint density at radius 1 is 1.35 bits per heavy atom. The van der Waals surface area contributed by atoms with Crippen molar-refractivity contribution in [3.8, 4) is 0 Å². The van der Waals surface area contributed by atoms with E-state index in [1.807, 2.05) is 0 Å². The van der Waals surface area contributed by atoms with E-state index < -0.39 is 16.0 Å². The maximum absolute atomic E-state index is 11.6. The minimum Gasteiger partial charge on any atom is -0.468 e. The second-order valence-corrected chi connectivity index (χ2v) is 5.67. The van der Waals surface area contributed by atoms with Crippen LogP contribution in [0.5, 0.6) is 0 Å². The van der Waals surface area contributed by atoms with Crippen molar-refractivity contribution < 1.29 is 17.9 Å². The lowest BCUT2D eigenvalue weighted by molar-refractivity contribution is -0.138. The number of benzene rings is 1. The maximum atomic E-state index is 11.6. The lowest BCUT2D eigenvalue weighted by atomic mass is 10.3. The van der Waals surface area contributed by atoms with Crippen LogP contribution in [0.3, 0.4) is 0 Å². The van der Waals surface area contributed by atoms with Crippen molar-refractivity contribution >= 4 is 33.3 Å². The van der Waals surface area contributed by atoms with Gasteiger partial charge in [-0.3, -0.25) is 9.10 Å². The Hall–Kier alpha value is -1.27. The van der Waals surface area contributed by atoms with Gasteiger partial charge >= 0.3 is 5.97 Å². The number of hydrogen-bond donors (Lipinski definition) is 0. The Balaban J connectivity index is 3.07. The van der Waals surface area contributed by atoms with Gasteiger partial charge in [-0.1, -0.05) is 11.6 Å². The fraction of sp³-hybridized carbons (Fsp3) is 0.300. The molecule has 94 valence electrons. The van der Waals surface area contributed by atoms with Gasteiger partial charge in [-0.05, 0) is 24.3 Å². The van der Waals surface area contributed by atoms with E-state index in [1.165, 1.54) is 19.2 Å². The summed E-state index contributed by atoms with van der Waals surface area (Å²) in [5, 5.41) is 0.486. The number of sulfonamides is 1. The molecule has 0 aromatic heterocycles. The SMILES string of the molecule is COC(=O)CN(c1ccc(Cl)cc1)S(C)(=O)=O. The van der Waals surface area contributed by atoms with Crippen molar-refractivity contribution in [2.75, 3.05) is 24.2 Å². The smallest absolute Gasteiger partial charge is 0.326 e. The van der Waals surface area contributed by atoms with Crippen LogP contribution in [-0.4, -0.2) is 34.3 Å². The quantitative estimate of drug-likeness (QED) is 0.778. The van der Waals surface area contributed by atoms with Crippen LogP contribution in [0.25, 0.3) is 0 Å². The van der Waals surface area contributed by atoms with Crippen molar-refractivity contribution in [3.63, 3.8) is 0 Å². The molecule has 0 bridgehead atoms. The van der Waals surface area contributed by atoms with Crippen molar-refractivity contribution in [1.29, 1.82) is 0 Å². The number of anilines is 1. The Morgan fingerprint density at radius 2 is 1.88 bits per heavy atom. The normalized spacial score (nSPS) is 11.0. The summed E-state index contributed by atoms with van der Waals surface area (Å²) in [6, 6.07) is 6.14. The van der Waals surface area contributed by atoms with Crippen molar-refractivity contribution in [3.05, 3.63) is 29.3 Å². The second kappa shape index (κ2) is 5.37. The van der Waals surface area contributed by atoms with E-state index in [0.29, 0.717) is 10.7 Å². The third kappa shape index (κ3) is 3.90. The number of methoxy groups -OCH3 is 1. The predicted octanol–water partition coefficient (Wildman–Crippen LogP) is 1.28. The lowest BCUT2D eigenvalue weighted by Crippen LogP contribution is -2.35. The Kier molecular flexibility index (Phi) is 4.36. The predicted molar refractivity (Wildman–Crippen MR) is 65.7 cm³/mol. The lowest BCUT2D eigenvalue weighted by Gasteiger charge is -2.20. The highest BCUT2D eigenvalue weighted by Gasteiger charge is 2.20. The van der Waals surface area contributed by atoms with E-state index in [1.54, 1.807) is 12.1 Å². The largest absolute Gasteiger partial charge is 0.468 e. The average Bonchev–Trinajstić information content (AvgIpc) is 2.25. The van der Waals surface area contributed by atoms with Crippen molar-refractivity contribution in [2.24, 2.45) is 0 Å². The van der Waals surface area contributed by atoms with E-state index >= 15 is 0 Å². The van der Waals surface area contributed by atoms with Crippen LogP contribution in [0.4, 0.5) is 5.69 Å². The van der Waals surface area contributed by atoms with Gasteiger partial charge in [0.25, 0.3) is 0 Å². The van der Waals surface area contributed by atoms with Crippen LogP contribution in [0.15, 0.2) is 24.3 Å². The third-order valence-corrected chi connectivity index (χ3v) is 3.41. The molecule has 5 nitrogen and oxygen atoms in total. The molecule has 0 unspecified atom stereocenters. The molecule has 0 heterocycles. The Bertz CT molecular complexity index is 498. The summed E-state index contributed by atoms with van der Waals surface area (Å²) >= 11 is 5.70. The highest BCUT2D eigenvalue weighted by molar-refractivity contribution is 7.92. The maximum Gasteiger partial charge on any atom is 0.326 e. The van der Waals surface area contributed by atoms with Crippen molar-refractivity contribution in [1.82, 2.24) is 0 Å². The summed E-state index contributed by atoms with van der Waals surface area (Å²) in [5.41, 5.74) is 0.363. The number of rotatable bonds is 4. The van der Waals surface area contributed by atoms with E-state index in [-0.39, 0.29) is 6.54 Å². The molecule has 0 radical (unpaired) electrons. The number of carbonyl (C=O) groups is 1. The van der Waals surface area contributed by atoms with E-state index in [0.717, 1.165) is 10.6 Å². The van der Waals surface area contributed by atoms with Crippen LogP contribution in [0.2, 0.25) is 5.02 Å². The van der Waals surface area contributed by atoms with Gasteiger partial charge < -0.3 is 4.74 Å². The van der Waals surface area contributed by atoms with Crippen LogP contribution >= 0.6 is 11.6 Å². The first-order valence-electron chi connectivity index (χ1n) is 4.64. The molecule has 0 spiro atoms. The zero-order valence-electron chi connectivity index (χ0n) is 9.38. The summed E-state index contributed by atoms with van der Waals surface area (Å²) in [6.07, 6.45) is 1.02. The number of nitrogens with zero attached hydrogens (tertiary/aromatic N) is 1. The number of esters is 1. The summed E-state index contributed by atoms with van der Waals surface area (Å²) in [5.74, 6) is -0.634. The van der Waals surface area contributed by atoms with Gasteiger partial charge in [0.2, 0.25) is 10.0 Å². The Morgan fingerprint density at radius 3 is 2.29 bits per heavy atom. The third-order valence-electron chi connectivity index (χ3n) is 2.02. The van der Waals surface area contributed by atoms with Crippen LogP contribution in [-0.2, 0) is 19.6 Å². The van der Waals surface area contributed by atoms with Gasteiger partial charge in [0.05, 0.1) is 19.1 Å². The fourth-order valence-corrected chi connectivity index (χ4v) is 2.16. The molecule has 17 heavy (non-hydrogen) atoms. The molecule has 1 aromatic rings. The standard InChI is InChI=1S/C10H12ClNO4S/c1-16-10(13)7-12(17(2,14)15)9-5-3-8(11)4-6-9/h3-6H,7H2,1-2H3. The molecule has 0 fully saturated rings. The van der Waals surface area contributed by atoms with Crippen LogP contribution in [0, 0.1) is 0 Å². The Labute approximate surface area is 105 Å². The average molecular weight is 278 g/mol. The molecule has 0 amide bonds. The molecule has 0 aliphatic heterocycles. The zero-order valence-corrected chi connectivity index (χ0v) is 11.0. The summed E-state index contributed by atoms with van der Waals surface area (Å²) < 4.78 is 28.5. The van der Waals surface area contributed by atoms with Crippen LogP contribution < -0.4 is 4.31 Å². The van der Waals surface area contributed by atoms with Gasteiger partial charge in [-0.15, -0.1) is 0 Å². The van der Waals surface area contributed by atoms with Crippen LogP contribution in [0.1, 0.15) is 0 Å². The van der Waals surface area contributed by atoms with E-state index in [9.17, 15) is 13.2 Å². The molecule has 0 N–H and O–H groups in total. The first-order chi connectivity index (χ1) is 7.84. The highest BCUT2D eigenvalue weighted by Crippen LogP contribution is 2.20. The highest BCUT2D eigenvalue weighted by atomic mass is 35.5. The molecule has 7 heteroatoms. The molecule has 0 atom stereocenters. The minimum atomic E-state index is -3.55. The first kappa shape index (κ1) is 13.8. The first-order valence-corrected chi connectivity index (χ1v) is 6.87. The zero-order chi connectivity index (χ0) is 13.1. The summed E-state index contributed by atoms with van der Waals surface area (Å²) in [7, 11) is -2.35. The molecule has 1 aromatic carbocycles. The number of carbonyl (C=O) groups excluding carboxylic acids is 1. The van der Waals surface area contributed by atoms with E-state index in [4.69, 9.17) is 11.6 Å². The number of halogens is 1. The summed E-state index contributed by atoms with van der Waals surface area (Å²) in [6.45, 7) is -0.364. The van der Waals surface area contributed by atoms with Gasteiger partial charge in [0.1, 0.15) is 6.54 Å². The number of hydrogen-bond acceptors (Lipinski definition) is 4. The molecular weight excluding hydrogens is 266 g/mol. The van der Waals surface area contributed by atoms with Gasteiger partial charge in [0, 0.05) is 5.02 Å². The molecule has 0 aliphatic rings. The minimum absolute atomic E-state index is 0.363. The second-order valence-electron chi connectivity index (χ2n) is 3.32. The molecule has 0 aliphatic carbocycles.